The van der Waals surface area contributed by atoms with E-state index >= 15 is 0 Å². The zero-order valence-electron chi connectivity index (χ0n) is 27.3. The van der Waals surface area contributed by atoms with Gasteiger partial charge in [0.2, 0.25) is 0 Å². The molecule has 0 saturated heterocycles. The number of hydrogen-bond donors (Lipinski definition) is 0. The highest BCUT2D eigenvalue weighted by Crippen LogP contribution is 2.40. The summed E-state index contributed by atoms with van der Waals surface area (Å²) in [5.74, 6) is 0. The van der Waals surface area contributed by atoms with E-state index in [1.165, 1.54) is 58.3 Å². The van der Waals surface area contributed by atoms with Crippen LogP contribution in [-0.4, -0.2) is 0 Å². The van der Waals surface area contributed by atoms with E-state index in [9.17, 15) is 0 Å². The zero-order chi connectivity index (χ0) is 30.0. The average Bonchev–Trinajstić information content (AvgIpc) is 2.85. The summed E-state index contributed by atoms with van der Waals surface area (Å²) in [6.07, 6.45) is 40.9. The van der Waals surface area contributed by atoms with E-state index in [0.29, 0.717) is 0 Å². The molecule has 216 valence electrons. The van der Waals surface area contributed by atoms with Crippen molar-refractivity contribution >= 4 is 0 Å². The van der Waals surface area contributed by atoms with E-state index in [4.69, 9.17) is 0 Å². The van der Waals surface area contributed by atoms with Gasteiger partial charge in [0.15, 0.2) is 0 Å². The maximum absolute atomic E-state index is 2.37. The van der Waals surface area contributed by atoms with E-state index < -0.39 is 0 Å². The molecular formula is C40H56. The highest BCUT2D eigenvalue weighted by Gasteiger charge is 2.26. The monoisotopic (exact) mass is 536 g/mol. The van der Waals surface area contributed by atoms with Gasteiger partial charge in [0.05, 0.1) is 0 Å². The van der Waals surface area contributed by atoms with E-state index in [-0.39, 0.29) is 5.41 Å². The summed E-state index contributed by atoms with van der Waals surface area (Å²) in [7, 11) is 0. The van der Waals surface area contributed by atoms with Crippen LogP contribution in [0.2, 0.25) is 0 Å². The van der Waals surface area contributed by atoms with E-state index in [1.807, 2.05) is 0 Å². The Morgan fingerprint density at radius 3 is 1.62 bits per heavy atom. The molecule has 0 heteroatoms. The van der Waals surface area contributed by atoms with Crippen LogP contribution < -0.4 is 0 Å². The van der Waals surface area contributed by atoms with Crippen LogP contribution in [0.1, 0.15) is 101 Å². The largest absolute Gasteiger partial charge is 0.0856 e. The summed E-state index contributed by atoms with van der Waals surface area (Å²) < 4.78 is 0. The second-order valence-corrected chi connectivity index (χ2v) is 12.2. The molecule has 1 aliphatic carbocycles. The van der Waals surface area contributed by atoms with Crippen LogP contribution in [0.25, 0.3) is 0 Å². The van der Waals surface area contributed by atoms with Gasteiger partial charge < -0.3 is 0 Å². The minimum Gasteiger partial charge on any atom is -0.0856 e. The molecule has 0 aromatic rings. The molecule has 0 fully saturated rings. The second kappa shape index (κ2) is 19.0. The first kappa shape index (κ1) is 34.9. The van der Waals surface area contributed by atoms with Gasteiger partial charge >= 0.3 is 0 Å². The van der Waals surface area contributed by atoms with E-state index in [0.717, 1.165) is 12.8 Å². The van der Waals surface area contributed by atoms with Crippen molar-refractivity contribution in [2.45, 2.75) is 101 Å². The smallest absolute Gasteiger partial charge is 0.0104 e. The first-order valence-electron chi connectivity index (χ1n) is 15.0. The van der Waals surface area contributed by atoms with Crippen molar-refractivity contribution in [3.63, 3.8) is 0 Å². The minimum atomic E-state index is 0.290. The summed E-state index contributed by atoms with van der Waals surface area (Å²) >= 11 is 0. The van der Waals surface area contributed by atoms with Gasteiger partial charge in [-0.15, -0.1) is 0 Å². The van der Waals surface area contributed by atoms with Crippen molar-refractivity contribution in [2.24, 2.45) is 5.41 Å². The predicted octanol–water partition coefficient (Wildman–Crippen LogP) is 12.8. The molecular weight excluding hydrogens is 480 g/mol. The van der Waals surface area contributed by atoms with Crippen LogP contribution in [0.3, 0.4) is 0 Å². The maximum Gasteiger partial charge on any atom is -0.0104 e. The van der Waals surface area contributed by atoms with Crippen molar-refractivity contribution in [3.05, 3.63) is 142 Å². The highest BCUT2D eigenvalue weighted by molar-refractivity contribution is 5.37. The predicted molar refractivity (Wildman–Crippen MR) is 183 cm³/mol. The van der Waals surface area contributed by atoms with Gasteiger partial charge in [0.25, 0.3) is 0 Å². The summed E-state index contributed by atoms with van der Waals surface area (Å²) in [5, 5.41) is 0. The van der Waals surface area contributed by atoms with Crippen LogP contribution in [0, 0.1) is 5.41 Å². The van der Waals surface area contributed by atoms with Crippen molar-refractivity contribution in [3.8, 4) is 0 Å². The van der Waals surface area contributed by atoms with Gasteiger partial charge in [-0.25, -0.2) is 0 Å². The highest BCUT2D eigenvalue weighted by atomic mass is 14.3. The molecule has 0 heterocycles. The van der Waals surface area contributed by atoms with Crippen LogP contribution in [0.5, 0.6) is 0 Å². The normalized spacial score (nSPS) is 18.5. The van der Waals surface area contributed by atoms with Crippen molar-refractivity contribution in [2.75, 3.05) is 0 Å². The van der Waals surface area contributed by atoms with Gasteiger partial charge in [-0.2, -0.15) is 0 Å². The molecule has 1 aliphatic rings. The molecule has 0 unspecified atom stereocenters. The Morgan fingerprint density at radius 2 is 1.12 bits per heavy atom. The van der Waals surface area contributed by atoms with Gasteiger partial charge in [-0.3, -0.25) is 0 Å². The standard InChI is InChI=1S/C40H56/c1-32(2)18-13-21-35(5)24-15-26-36(6)25-14-22-33(3)19-11-12-20-34(4)23-16-27-37(7)29-30-39-38(8)28-17-31-40(39,9)10/h11-12,14-16,18-20,22-27,29-30H,13,17,21,28,31H2,1-10H3/b12-11+,22-14+,23-16+,26-15+,30-29+,33-19+,34-20+,35-24+,36-25+,37-27+. The summed E-state index contributed by atoms with van der Waals surface area (Å²) in [6.45, 7) is 22.1. The fourth-order valence-electron chi connectivity index (χ4n) is 4.60. The third kappa shape index (κ3) is 16.1. The Hall–Kier alpha value is -3.12. The lowest BCUT2D eigenvalue weighted by atomic mass is 9.72. The summed E-state index contributed by atoms with van der Waals surface area (Å²) in [4.78, 5) is 0. The molecule has 40 heavy (non-hydrogen) atoms. The molecule has 0 radical (unpaired) electrons. The number of allylic oxidation sites excluding steroid dienone is 24. The lowest BCUT2D eigenvalue weighted by molar-refractivity contribution is 0.377. The first-order chi connectivity index (χ1) is 18.9. The Balaban J connectivity index is 2.58. The molecule has 0 nitrogen and oxygen atoms in total. The maximum atomic E-state index is 2.37. The molecule has 0 spiro atoms. The molecule has 0 aromatic carbocycles. The topological polar surface area (TPSA) is 0 Å². The Bertz CT molecular complexity index is 1180. The van der Waals surface area contributed by atoms with Crippen LogP contribution in [0.15, 0.2) is 142 Å². The molecule has 0 aliphatic heterocycles. The molecule has 0 N–H and O–H groups in total. The first-order valence-corrected chi connectivity index (χ1v) is 15.0. The van der Waals surface area contributed by atoms with E-state index in [1.54, 1.807) is 5.57 Å². The summed E-state index contributed by atoms with van der Waals surface area (Å²) in [6, 6.07) is 0. The van der Waals surface area contributed by atoms with Crippen LogP contribution in [-0.2, 0) is 0 Å². The lowest BCUT2D eigenvalue weighted by Crippen LogP contribution is -2.19. The molecule has 1 rings (SSSR count). The third-order valence-corrected chi connectivity index (χ3v) is 7.15. The molecule has 0 atom stereocenters. The second-order valence-electron chi connectivity index (χ2n) is 12.2. The SMILES string of the molecule is CC(C)=CCC/C(C)=C/C=C/C(C)=C/C=C/C(C)=C/C=C/C=C(C)/C=C/C=C(C)/C=C/C1=C(C)CCCC1(C)C. The molecule has 0 saturated carbocycles. The van der Waals surface area contributed by atoms with E-state index in [2.05, 4.69) is 166 Å². The van der Waals surface area contributed by atoms with Crippen molar-refractivity contribution in [1.82, 2.24) is 0 Å². The molecule has 0 bridgehead atoms. The van der Waals surface area contributed by atoms with Crippen molar-refractivity contribution in [1.29, 1.82) is 0 Å². The van der Waals surface area contributed by atoms with Gasteiger partial charge in [-0.1, -0.05) is 150 Å². The van der Waals surface area contributed by atoms with Gasteiger partial charge in [0.1, 0.15) is 0 Å². The van der Waals surface area contributed by atoms with Gasteiger partial charge in [0, 0.05) is 0 Å². The Labute approximate surface area is 248 Å². The number of rotatable bonds is 13. The Morgan fingerprint density at radius 1 is 0.650 bits per heavy atom. The quantitative estimate of drug-likeness (QED) is 0.162. The average molecular weight is 537 g/mol. The third-order valence-electron chi connectivity index (χ3n) is 7.15. The van der Waals surface area contributed by atoms with Crippen molar-refractivity contribution < 1.29 is 0 Å². The Kier molecular flexibility index (Phi) is 16.6. The van der Waals surface area contributed by atoms with Gasteiger partial charge in [-0.05, 0) is 98.5 Å². The van der Waals surface area contributed by atoms with Crippen LogP contribution in [0.4, 0.5) is 0 Å². The summed E-state index contributed by atoms with van der Waals surface area (Å²) in [5.41, 5.74) is 11.1. The molecule has 0 amide bonds. The molecule has 0 aromatic heterocycles. The number of hydrogen-bond acceptors (Lipinski definition) is 0. The fourth-order valence-corrected chi connectivity index (χ4v) is 4.60. The zero-order valence-corrected chi connectivity index (χ0v) is 27.3. The van der Waals surface area contributed by atoms with Crippen LogP contribution >= 0.6 is 0 Å². The lowest BCUT2D eigenvalue weighted by Gasteiger charge is -2.32. The minimum absolute atomic E-state index is 0.290. The fraction of sp³-hybridized carbons (Fsp3) is 0.400.